The molecule has 0 bridgehead atoms. The van der Waals surface area contributed by atoms with Crippen molar-refractivity contribution >= 4 is 6.16 Å². The summed E-state index contributed by atoms with van der Waals surface area (Å²) < 4.78 is 10.2. The summed E-state index contributed by atoms with van der Waals surface area (Å²) in [4.78, 5) is 11.6. The van der Waals surface area contributed by atoms with E-state index in [9.17, 15) is 4.79 Å². The van der Waals surface area contributed by atoms with E-state index in [4.69, 9.17) is 9.47 Å². The molecule has 0 amide bonds. The molecule has 0 N–H and O–H groups in total. The van der Waals surface area contributed by atoms with Gasteiger partial charge in [-0.3, -0.25) is 0 Å². The average Bonchev–Trinajstić information content (AvgIpc) is 2.63. The molecule has 1 aliphatic carbocycles. The van der Waals surface area contributed by atoms with Crippen LogP contribution in [0.25, 0.3) is 0 Å². The van der Waals surface area contributed by atoms with Crippen LogP contribution in [-0.2, 0) is 4.74 Å². The highest BCUT2D eigenvalue weighted by molar-refractivity contribution is 5.63. The minimum Gasteiger partial charge on any atom is -0.434 e. The topological polar surface area (TPSA) is 35.5 Å². The smallest absolute Gasteiger partial charge is 0.434 e. The molecule has 0 atom stereocenters. The summed E-state index contributed by atoms with van der Waals surface area (Å²) in [6.45, 7) is 4.76. The fraction of sp³-hybridized carbons (Fsp3) is 0.682. The number of rotatable bonds is 9. The van der Waals surface area contributed by atoms with Crippen LogP contribution in [0.15, 0.2) is 24.3 Å². The standard InChI is InChI=1S/C22H34O3/c1-3-5-7-8-18-9-11-19(12-10-18)20-13-15-21(16-14-20)25-22(23)24-17-6-4-2/h13-16,18-19H,3-12,17H2,1-2H3. The first-order valence-electron chi connectivity index (χ1n) is 10.2. The van der Waals surface area contributed by atoms with Gasteiger partial charge in [0, 0.05) is 0 Å². The molecule has 0 unspecified atom stereocenters. The second kappa shape index (κ2) is 11.2. The van der Waals surface area contributed by atoms with Crippen molar-refractivity contribution < 1.29 is 14.3 Å². The predicted molar refractivity (Wildman–Crippen MR) is 102 cm³/mol. The van der Waals surface area contributed by atoms with Crippen molar-refractivity contribution in [3.63, 3.8) is 0 Å². The van der Waals surface area contributed by atoms with E-state index in [-0.39, 0.29) is 0 Å². The van der Waals surface area contributed by atoms with E-state index in [1.807, 2.05) is 12.1 Å². The lowest BCUT2D eigenvalue weighted by molar-refractivity contribution is 0.0978. The highest BCUT2D eigenvalue weighted by Gasteiger charge is 2.22. The highest BCUT2D eigenvalue weighted by atomic mass is 16.7. The van der Waals surface area contributed by atoms with Gasteiger partial charge in [-0.2, -0.15) is 0 Å². The second-order valence-electron chi connectivity index (χ2n) is 7.34. The summed E-state index contributed by atoms with van der Waals surface area (Å²) in [6, 6.07) is 8.00. The van der Waals surface area contributed by atoms with Crippen molar-refractivity contribution in [3.8, 4) is 5.75 Å². The molecular weight excluding hydrogens is 312 g/mol. The first-order chi connectivity index (χ1) is 12.2. The van der Waals surface area contributed by atoms with E-state index in [2.05, 4.69) is 26.0 Å². The Labute approximate surface area is 153 Å². The van der Waals surface area contributed by atoms with Crippen LogP contribution in [-0.4, -0.2) is 12.8 Å². The van der Waals surface area contributed by atoms with E-state index < -0.39 is 6.16 Å². The monoisotopic (exact) mass is 346 g/mol. The largest absolute Gasteiger partial charge is 0.513 e. The summed E-state index contributed by atoms with van der Waals surface area (Å²) in [5, 5.41) is 0. The normalized spacial score (nSPS) is 20.2. The Morgan fingerprint density at radius 3 is 2.28 bits per heavy atom. The summed E-state index contributed by atoms with van der Waals surface area (Å²) >= 11 is 0. The molecule has 0 saturated heterocycles. The maximum atomic E-state index is 11.6. The van der Waals surface area contributed by atoms with Gasteiger partial charge in [0.05, 0.1) is 6.61 Å². The number of unbranched alkanes of at least 4 members (excludes halogenated alkanes) is 3. The summed E-state index contributed by atoms with van der Waals surface area (Å²) in [7, 11) is 0. The molecule has 1 aromatic rings. The molecule has 3 heteroatoms. The molecule has 140 valence electrons. The second-order valence-corrected chi connectivity index (χ2v) is 7.34. The lowest BCUT2D eigenvalue weighted by Crippen LogP contribution is -2.14. The van der Waals surface area contributed by atoms with Gasteiger partial charge in [-0.1, -0.05) is 58.1 Å². The van der Waals surface area contributed by atoms with Crippen LogP contribution >= 0.6 is 0 Å². The van der Waals surface area contributed by atoms with Gasteiger partial charge in [0.15, 0.2) is 0 Å². The van der Waals surface area contributed by atoms with Crippen LogP contribution in [0.2, 0.25) is 0 Å². The van der Waals surface area contributed by atoms with Gasteiger partial charge in [0.1, 0.15) is 5.75 Å². The van der Waals surface area contributed by atoms with E-state index in [0.29, 0.717) is 18.3 Å². The summed E-state index contributed by atoms with van der Waals surface area (Å²) in [5.41, 5.74) is 1.37. The molecule has 1 saturated carbocycles. The number of benzene rings is 1. The number of carbonyl (C=O) groups is 1. The number of hydrogen-bond donors (Lipinski definition) is 0. The van der Waals surface area contributed by atoms with Crippen LogP contribution in [0.1, 0.15) is 89.5 Å². The van der Waals surface area contributed by atoms with Crippen LogP contribution in [0.3, 0.4) is 0 Å². The molecule has 1 aromatic carbocycles. The van der Waals surface area contributed by atoms with Gasteiger partial charge >= 0.3 is 6.16 Å². The van der Waals surface area contributed by atoms with E-state index >= 15 is 0 Å². The maximum Gasteiger partial charge on any atom is 0.513 e. The molecule has 0 heterocycles. The van der Waals surface area contributed by atoms with Crippen molar-refractivity contribution in [3.05, 3.63) is 29.8 Å². The van der Waals surface area contributed by atoms with E-state index in [1.54, 1.807) is 0 Å². The first kappa shape index (κ1) is 19.8. The molecule has 0 radical (unpaired) electrons. The minimum absolute atomic E-state index is 0.426. The molecule has 2 rings (SSSR count). The summed E-state index contributed by atoms with van der Waals surface area (Å²) in [6.07, 6.45) is 12.1. The predicted octanol–water partition coefficient (Wildman–Crippen LogP) is 6.86. The molecule has 0 aromatic heterocycles. The minimum atomic E-state index is -0.603. The van der Waals surface area contributed by atoms with Crippen molar-refractivity contribution in [2.75, 3.05) is 6.61 Å². The molecular formula is C22H34O3. The van der Waals surface area contributed by atoms with Gasteiger partial charge in [-0.15, -0.1) is 0 Å². The average molecular weight is 347 g/mol. The zero-order chi connectivity index (χ0) is 17.9. The lowest BCUT2D eigenvalue weighted by Gasteiger charge is -2.29. The van der Waals surface area contributed by atoms with E-state index in [0.717, 1.165) is 18.8 Å². The third kappa shape index (κ3) is 7.09. The Hall–Kier alpha value is -1.51. The van der Waals surface area contributed by atoms with Crippen molar-refractivity contribution in [1.29, 1.82) is 0 Å². The molecule has 1 aliphatic rings. The Morgan fingerprint density at radius 2 is 1.64 bits per heavy atom. The Kier molecular flexibility index (Phi) is 8.85. The fourth-order valence-electron chi connectivity index (χ4n) is 3.70. The van der Waals surface area contributed by atoms with Crippen LogP contribution in [0, 0.1) is 5.92 Å². The molecule has 0 aliphatic heterocycles. The lowest BCUT2D eigenvalue weighted by atomic mass is 9.77. The van der Waals surface area contributed by atoms with Crippen LogP contribution in [0.5, 0.6) is 5.75 Å². The van der Waals surface area contributed by atoms with E-state index in [1.165, 1.54) is 56.9 Å². The Bertz CT molecular complexity index is 486. The van der Waals surface area contributed by atoms with Crippen LogP contribution < -0.4 is 4.74 Å². The van der Waals surface area contributed by atoms with Gasteiger partial charge in [0.25, 0.3) is 0 Å². The SMILES string of the molecule is CCCCCC1CCC(c2ccc(OC(=O)OCCCC)cc2)CC1. The third-order valence-corrected chi connectivity index (χ3v) is 5.33. The molecule has 25 heavy (non-hydrogen) atoms. The molecule has 1 fully saturated rings. The number of ether oxygens (including phenoxy) is 2. The van der Waals surface area contributed by atoms with Gasteiger partial charge < -0.3 is 9.47 Å². The van der Waals surface area contributed by atoms with Gasteiger partial charge in [-0.25, -0.2) is 4.79 Å². The highest BCUT2D eigenvalue weighted by Crippen LogP contribution is 2.38. The van der Waals surface area contributed by atoms with Crippen molar-refractivity contribution in [1.82, 2.24) is 0 Å². The number of carbonyl (C=O) groups excluding carboxylic acids is 1. The van der Waals surface area contributed by atoms with Crippen LogP contribution in [0.4, 0.5) is 4.79 Å². The molecule has 3 nitrogen and oxygen atoms in total. The fourth-order valence-corrected chi connectivity index (χ4v) is 3.70. The van der Waals surface area contributed by atoms with Crippen molar-refractivity contribution in [2.24, 2.45) is 5.92 Å². The quantitative estimate of drug-likeness (QED) is 0.278. The van der Waals surface area contributed by atoms with Gasteiger partial charge in [-0.05, 0) is 61.6 Å². The van der Waals surface area contributed by atoms with Gasteiger partial charge in [0.2, 0.25) is 0 Å². The van der Waals surface area contributed by atoms with Crippen molar-refractivity contribution in [2.45, 2.75) is 84.0 Å². The maximum absolute atomic E-state index is 11.6. The Balaban J connectivity index is 1.74. The molecule has 0 spiro atoms. The first-order valence-corrected chi connectivity index (χ1v) is 10.2. The zero-order valence-corrected chi connectivity index (χ0v) is 16.0. The zero-order valence-electron chi connectivity index (χ0n) is 16.0. The summed E-state index contributed by atoms with van der Waals surface area (Å²) in [5.74, 6) is 2.16. The third-order valence-electron chi connectivity index (χ3n) is 5.33. The Morgan fingerprint density at radius 1 is 0.960 bits per heavy atom. The number of hydrogen-bond acceptors (Lipinski definition) is 3.